The van der Waals surface area contributed by atoms with Crippen LogP contribution >= 0.6 is 33.9 Å². The SMILES string of the molecule is CCCOc1c(I)cc(/C=c2/sc3n(c2=O)[C@H](c2cccc(OC)c2OCC)C(C(=O)OCCOC)=C(C)N=3)cc1OCC. The van der Waals surface area contributed by atoms with Gasteiger partial charge in [0.1, 0.15) is 12.6 Å². The second-order valence-corrected chi connectivity index (χ2v) is 11.8. The number of esters is 1. The molecule has 44 heavy (non-hydrogen) atoms. The van der Waals surface area contributed by atoms with Crippen LogP contribution in [0.5, 0.6) is 23.0 Å². The molecule has 0 radical (unpaired) electrons. The smallest absolute Gasteiger partial charge is 0.338 e. The number of fused-ring (bicyclic) bond motifs is 1. The molecule has 1 aromatic heterocycles. The molecular weight excluding hydrogens is 699 g/mol. The van der Waals surface area contributed by atoms with Gasteiger partial charge in [0, 0.05) is 12.7 Å². The largest absolute Gasteiger partial charge is 0.493 e. The molecule has 10 nitrogen and oxygen atoms in total. The zero-order valence-electron chi connectivity index (χ0n) is 25.7. The van der Waals surface area contributed by atoms with Gasteiger partial charge in [0.05, 0.1) is 52.9 Å². The summed E-state index contributed by atoms with van der Waals surface area (Å²) in [7, 11) is 3.08. The second-order valence-electron chi connectivity index (χ2n) is 9.63. The molecule has 4 rings (SSSR count). The number of carbonyl (C=O) groups is 1. The number of ether oxygens (including phenoxy) is 6. The fourth-order valence-electron chi connectivity index (χ4n) is 4.81. The highest BCUT2D eigenvalue weighted by molar-refractivity contribution is 14.1. The summed E-state index contributed by atoms with van der Waals surface area (Å²) in [6, 6.07) is 8.34. The van der Waals surface area contributed by atoms with E-state index in [9.17, 15) is 9.59 Å². The number of thiazole rings is 1. The molecule has 1 atom stereocenters. The normalized spacial score (nSPS) is 14.6. The van der Waals surface area contributed by atoms with E-state index in [0.29, 0.717) is 63.4 Å². The van der Waals surface area contributed by atoms with E-state index in [1.165, 1.54) is 23.0 Å². The Labute approximate surface area is 274 Å². The summed E-state index contributed by atoms with van der Waals surface area (Å²) in [5.41, 5.74) is 1.73. The molecule has 1 aliphatic heterocycles. The summed E-state index contributed by atoms with van der Waals surface area (Å²) in [4.78, 5) is 32.9. The highest BCUT2D eigenvalue weighted by Gasteiger charge is 2.36. The monoisotopic (exact) mass is 736 g/mol. The average Bonchev–Trinajstić information content (AvgIpc) is 3.30. The molecule has 3 aromatic rings. The van der Waals surface area contributed by atoms with Gasteiger partial charge >= 0.3 is 5.97 Å². The van der Waals surface area contributed by atoms with E-state index in [2.05, 4.69) is 22.6 Å². The summed E-state index contributed by atoms with van der Waals surface area (Å²) >= 11 is 3.46. The van der Waals surface area contributed by atoms with E-state index >= 15 is 0 Å². The maximum Gasteiger partial charge on any atom is 0.338 e. The van der Waals surface area contributed by atoms with E-state index in [4.69, 9.17) is 33.4 Å². The Morgan fingerprint density at radius 2 is 1.80 bits per heavy atom. The molecule has 0 amide bonds. The lowest BCUT2D eigenvalue weighted by Crippen LogP contribution is -2.40. The van der Waals surface area contributed by atoms with Crippen molar-refractivity contribution in [1.82, 2.24) is 4.57 Å². The van der Waals surface area contributed by atoms with Gasteiger partial charge in [0.2, 0.25) is 0 Å². The van der Waals surface area contributed by atoms with Gasteiger partial charge < -0.3 is 28.4 Å². The molecule has 2 aromatic carbocycles. The Bertz CT molecular complexity index is 1710. The van der Waals surface area contributed by atoms with Crippen LogP contribution in [0, 0.1) is 3.57 Å². The lowest BCUT2D eigenvalue weighted by molar-refractivity contribution is -0.140. The minimum absolute atomic E-state index is 0.0540. The summed E-state index contributed by atoms with van der Waals surface area (Å²) in [5.74, 6) is 1.62. The molecule has 0 aliphatic carbocycles. The predicted molar refractivity (Wildman–Crippen MR) is 177 cm³/mol. The molecule has 0 saturated heterocycles. The lowest BCUT2D eigenvalue weighted by atomic mass is 9.94. The summed E-state index contributed by atoms with van der Waals surface area (Å²) in [5, 5.41) is 0. The highest BCUT2D eigenvalue weighted by atomic mass is 127. The zero-order chi connectivity index (χ0) is 31.8. The van der Waals surface area contributed by atoms with Crippen LogP contribution in [-0.4, -0.2) is 57.8 Å². The summed E-state index contributed by atoms with van der Waals surface area (Å²) < 4.78 is 36.9. The first kappa shape index (κ1) is 33.5. The number of halogens is 1. The van der Waals surface area contributed by atoms with E-state index in [1.807, 2.05) is 39.0 Å². The standard InChI is InChI=1S/C32H37IN2O8S/c1-7-13-42-29-22(33)16-20(17-24(29)40-8-2)18-25-30(36)35-27(21-11-10-12-23(39-6)28(21)41-9-3)26(19(4)34-32(35)44-25)31(37)43-15-14-38-5/h10-12,16-18,27H,7-9,13-15H2,1-6H3/b25-18+/t27-/m1/s1. The molecule has 0 fully saturated rings. The van der Waals surface area contributed by atoms with Gasteiger partial charge in [0.25, 0.3) is 5.56 Å². The number of para-hydroxylation sites is 1. The Morgan fingerprint density at radius 1 is 1.02 bits per heavy atom. The molecule has 0 unspecified atom stereocenters. The molecule has 236 valence electrons. The quantitative estimate of drug-likeness (QED) is 0.134. The highest BCUT2D eigenvalue weighted by Crippen LogP contribution is 2.41. The lowest BCUT2D eigenvalue weighted by Gasteiger charge is -2.27. The maximum atomic E-state index is 14.2. The topological polar surface area (TPSA) is 107 Å². The van der Waals surface area contributed by atoms with Crippen LogP contribution in [0.25, 0.3) is 6.08 Å². The van der Waals surface area contributed by atoms with Gasteiger partial charge in [-0.25, -0.2) is 9.79 Å². The summed E-state index contributed by atoms with van der Waals surface area (Å²) in [6.07, 6.45) is 2.67. The second kappa shape index (κ2) is 15.6. The van der Waals surface area contributed by atoms with Gasteiger partial charge in [-0.3, -0.25) is 9.36 Å². The number of hydrogen-bond donors (Lipinski definition) is 0. The van der Waals surface area contributed by atoms with Gasteiger partial charge in [-0.2, -0.15) is 0 Å². The first-order valence-corrected chi connectivity index (χ1v) is 16.3. The number of carbonyl (C=O) groups excluding carboxylic acids is 1. The third kappa shape index (κ3) is 7.13. The summed E-state index contributed by atoms with van der Waals surface area (Å²) in [6.45, 7) is 9.23. The molecular formula is C32H37IN2O8S. The average molecular weight is 737 g/mol. The molecule has 12 heteroatoms. The number of benzene rings is 2. The van der Waals surface area contributed by atoms with E-state index in [0.717, 1.165) is 15.6 Å². The van der Waals surface area contributed by atoms with Crippen LogP contribution in [0.2, 0.25) is 0 Å². The third-order valence-electron chi connectivity index (χ3n) is 6.65. The van der Waals surface area contributed by atoms with Crippen molar-refractivity contribution in [2.75, 3.05) is 47.3 Å². The van der Waals surface area contributed by atoms with Crippen molar-refractivity contribution in [1.29, 1.82) is 0 Å². The van der Waals surface area contributed by atoms with Crippen LogP contribution in [0.1, 0.15) is 51.3 Å². The van der Waals surface area contributed by atoms with E-state index in [1.54, 1.807) is 32.2 Å². The van der Waals surface area contributed by atoms with Crippen LogP contribution in [0.3, 0.4) is 0 Å². The van der Waals surface area contributed by atoms with Gasteiger partial charge in [-0.1, -0.05) is 30.4 Å². The number of aromatic nitrogens is 1. The molecule has 0 spiro atoms. The number of rotatable bonds is 14. The predicted octanol–water partition coefficient (Wildman–Crippen LogP) is 4.62. The van der Waals surface area contributed by atoms with Crippen LogP contribution in [0.4, 0.5) is 0 Å². The first-order valence-electron chi connectivity index (χ1n) is 14.4. The van der Waals surface area contributed by atoms with Crippen molar-refractivity contribution in [3.8, 4) is 23.0 Å². The van der Waals surface area contributed by atoms with E-state index < -0.39 is 12.0 Å². The molecule has 0 saturated carbocycles. The van der Waals surface area contributed by atoms with Crippen molar-refractivity contribution in [2.24, 2.45) is 4.99 Å². The third-order valence-corrected chi connectivity index (χ3v) is 8.44. The Hall–Kier alpha value is -3.36. The molecule has 0 N–H and O–H groups in total. The van der Waals surface area contributed by atoms with Crippen molar-refractivity contribution in [3.63, 3.8) is 0 Å². The van der Waals surface area contributed by atoms with Crippen molar-refractivity contribution in [3.05, 3.63) is 76.0 Å². The van der Waals surface area contributed by atoms with Crippen LogP contribution < -0.4 is 33.8 Å². The number of nitrogens with zero attached hydrogens (tertiary/aromatic N) is 2. The number of hydrogen-bond acceptors (Lipinski definition) is 10. The Balaban J connectivity index is 1.94. The first-order chi connectivity index (χ1) is 21.3. The fraction of sp³-hybridized carbons (Fsp3) is 0.406. The molecule has 0 bridgehead atoms. The van der Waals surface area contributed by atoms with Gasteiger partial charge in [0.15, 0.2) is 27.8 Å². The zero-order valence-corrected chi connectivity index (χ0v) is 28.7. The number of allylic oxidation sites excluding steroid dienone is 1. The Morgan fingerprint density at radius 3 is 2.48 bits per heavy atom. The van der Waals surface area contributed by atoms with Crippen molar-refractivity contribution in [2.45, 2.75) is 40.2 Å². The fourth-order valence-corrected chi connectivity index (χ4v) is 6.64. The van der Waals surface area contributed by atoms with Crippen molar-refractivity contribution >= 4 is 46.0 Å². The molecule has 1 aliphatic rings. The molecule has 2 heterocycles. The Kier molecular flexibility index (Phi) is 11.9. The van der Waals surface area contributed by atoms with E-state index in [-0.39, 0.29) is 24.3 Å². The van der Waals surface area contributed by atoms with Crippen molar-refractivity contribution < 1.29 is 33.2 Å². The maximum absolute atomic E-state index is 14.2. The van der Waals surface area contributed by atoms with Gasteiger partial charge in [-0.15, -0.1) is 0 Å². The van der Waals surface area contributed by atoms with Crippen LogP contribution in [-0.2, 0) is 14.3 Å². The minimum atomic E-state index is -0.871. The minimum Gasteiger partial charge on any atom is -0.493 e. The van der Waals surface area contributed by atoms with Gasteiger partial charge in [-0.05, 0) is 79.6 Å². The van der Waals surface area contributed by atoms with Crippen LogP contribution in [0.15, 0.2) is 51.4 Å². The number of methoxy groups -OCH3 is 2.